The molecule has 1 rings (SSSR count). The van der Waals surface area contributed by atoms with Gasteiger partial charge in [0.25, 0.3) is 5.56 Å². The number of H-pyrrole nitrogens is 1. The number of halogens is 1. The average molecular weight is 146 g/mol. The molecule has 0 aliphatic rings. The van der Waals surface area contributed by atoms with Crippen LogP contribution in [0.2, 0.25) is 5.28 Å². The number of hydrogen-bond donors (Lipinski definition) is 2. The Labute approximate surface area is 55.7 Å². The zero-order valence-electron chi connectivity index (χ0n) is 4.39. The first-order chi connectivity index (χ1) is 4.18. The third-order valence-electron chi connectivity index (χ3n) is 0.733. The minimum absolute atomic E-state index is 0.0139. The minimum Gasteiger partial charge on any atom is -0.383 e. The van der Waals surface area contributed by atoms with Crippen molar-refractivity contribution in [2.75, 3.05) is 5.73 Å². The molecule has 0 aliphatic heterocycles. The maximum Gasteiger partial charge on any atom is 0.253 e. The Hall–Kier alpha value is -1.03. The molecule has 1 aromatic heterocycles. The lowest BCUT2D eigenvalue weighted by Gasteiger charge is -1.88. The van der Waals surface area contributed by atoms with Gasteiger partial charge in [-0.25, -0.2) is 4.98 Å². The average Bonchev–Trinajstić information content (AvgIpc) is 1.59. The van der Waals surface area contributed by atoms with Crippen molar-refractivity contribution in [3.05, 3.63) is 21.7 Å². The van der Waals surface area contributed by atoms with Crippen LogP contribution in [0.3, 0.4) is 0 Å². The fourth-order valence-electron chi connectivity index (χ4n) is 0.446. The highest BCUT2D eigenvalue weighted by molar-refractivity contribution is 6.28. The van der Waals surface area contributed by atoms with Crippen molar-refractivity contribution in [2.45, 2.75) is 0 Å². The van der Waals surface area contributed by atoms with E-state index in [2.05, 4.69) is 9.97 Å². The van der Waals surface area contributed by atoms with Gasteiger partial charge >= 0.3 is 0 Å². The zero-order chi connectivity index (χ0) is 6.85. The molecule has 0 aromatic carbocycles. The summed E-state index contributed by atoms with van der Waals surface area (Å²) in [6.07, 6.45) is 0. The van der Waals surface area contributed by atoms with Crippen LogP contribution in [0.25, 0.3) is 0 Å². The molecule has 0 bridgehead atoms. The van der Waals surface area contributed by atoms with Gasteiger partial charge in [-0.1, -0.05) is 0 Å². The maximum atomic E-state index is 10.5. The third kappa shape index (κ3) is 1.43. The number of nitrogens with two attached hydrogens (primary N) is 1. The largest absolute Gasteiger partial charge is 0.383 e. The van der Waals surface area contributed by atoms with Crippen molar-refractivity contribution in [1.82, 2.24) is 9.97 Å². The number of nitrogens with one attached hydrogen (secondary N) is 1. The maximum absolute atomic E-state index is 10.5. The predicted molar refractivity (Wildman–Crippen MR) is 34.3 cm³/mol. The molecule has 48 valence electrons. The molecule has 0 aliphatic carbocycles. The lowest BCUT2D eigenvalue weighted by atomic mass is 10.6. The van der Waals surface area contributed by atoms with Gasteiger partial charge in [0.1, 0.15) is 5.82 Å². The van der Waals surface area contributed by atoms with Crippen LogP contribution in [-0.2, 0) is 0 Å². The summed E-state index contributed by atoms with van der Waals surface area (Å²) in [5, 5.41) is 0.0139. The number of aromatic amines is 1. The van der Waals surface area contributed by atoms with Crippen molar-refractivity contribution in [3.8, 4) is 0 Å². The van der Waals surface area contributed by atoms with E-state index in [4.69, 9.17) is 17.3 Å². The van der Waals surface area contributed by atoms with E-state index in [9.17, 15) is 4.79 Å². The zero-order valence-corrected chi connectivity index (χ0v) is 5.14. The molecule has 5 heteroatoms. The fourth-order valence-corrected chi connectivity index (χ4v) is 0.636. The SMILES string of the molecule is Nc1cc(=O)[nH]c(Cl)n1. The minimum atomic E-state index is -0.340. The summed E-state index contributed by atoms with van der Waals surface area (Å²) in [5.74, 6) is 0.128. The molecule has 0 unspecified atom stereocenters. The predicted octanol–water partition coefficient (Wildman–Crippen LogP) is 0.00550. The summed E-state index contributed by atoms with van der Waals surface area (Å²) in [4.78, 5) is 16.2. The molecular weight excluding hydrogens is 142 g/mol. The number of hydrogen-bond acceptors (Lipinski definition) is 3. The van der Waals surface area contributed by atoms with E-state index in [1.165, 1.54) is 0 Å². The number of aromatic nitrogens is 2. The molecule has 1 heterocycles. The van der Waals surface area contributed by atoms with Crippen molar-refractivity contribution in [1.29, 1.82) is 0 Å². The van der Waals surface area contributed by atoms with Gasteiger partial charge in [-0.2, -0.15) is 0 Å². The van der Waals surface area contributed by atoms with Crippen LogP contribution in [0, 0.1) is 0 Å². The summed E-state index contributed by atoms with van der Waals surface area (Å²) in [6, 6.07) is 1.16. The van der Waals surface area contributed by atoms with Gasteiger partial charge in [-0.3, -0.25) is 9.78 Å². The smallest absolute Gasteiger partial charge is 0.253 e. The summed E-state index contributed by atoms with van der Waals surface area (Å²) in [7, 11) is 0. The Bertz CT molecular complexity index is 246. The molecule has 0 radical (unpaired) electrons. The number of rotatable bonds is 0. The molecule has 0 saturated carbocycles. The van der Waals surface area contributed by atoms with Crippen LogP contribution in [0.15, 0.2) is 10.9 Å². The Morgan fingerprint density at radius 2 is 2.44 bits per heavy atom. The molecular formula is C4H4ClN3O. The van der Waals surface area contributed by atoms with Crippen LogP contribution < -0.4 is 11.3 Å². The van der Waals surface area contributed by atoms with Crippen molar-refractivity contribution >= 4 is 17.4 Å². The number of nitrogens with zero attached hydrogens (tertiary/aromatic N) is 1. The van der Waals surface area contributed by atoms with Crippen LogP contribution in [0.5, 0.6) is 0 Å². The molecule has 0 atom stereocenters. The molecule has 3 N–H and O–H groups in total. The van der Waals surface area contributed by atoms with E-state index < -0.39 is 0 Å². The van der Waals surface area contributed by atoms with Crippen molar-refractivity contribution < 1.29 is 0 Å². The number of anilines is 1. The van der Waals surface area contributed by atoms with E-state index in [0.717, 1.165) is 6.07 Å². The Balaban J connectivity index is 3.33. The Kier molecular flexibility index (Phi) is 1.40. The normalized spacial score (nSPS) is 9.44. The van der Waals surface area contributed by atoms with Crippen LogP contribution in [0.1, 0.15) is 0 Å². The quantitative estimate of drug-likeness (QED) is 0.505. The van der Waals surface area contributed by atoms with E-state index in [-0.39, 0.29) is 16.7 Å². The lowest BCUT2D eigenvalue weighted by Crippen LogP contribution is -2.07. The lowest BCUT2D eigenvalue weighted by molar-refractivity contribution is 1.13. The second-order valence-corrected chi connectivity index (χ2v) is 1.82. The van der Waals surface area contributed by atoms with Gasteiger partial charge in [-0.15, -0.1) is 0 Å². The Morgan fingerprint density at radius 1 is 1.78 bits per heavy atom. The monoisotopic (exact) mass is 145 g/mol. The highest BCUT2D eigenvalue weighted by Crippen LogP contribution is 1.96. The van der Waals surface area contributed by atoms with Gasteiger partial charge in [0.05, 0.1) is 0 Å². The second-order valence-electron chi connectivity index (χ2n) is 1.46. The standard InChI is InChI=1S/C4H4ClN3O/c5-4-7-2(6)1-3(9)8-4/h1H,(H3,6,7,8,9). The van der Waals surface area contributed by atoms with Crippen molar-refractivity contribution in [3.63, 3.8) is 0 Å². The molecule has 4 nitrogen and oxygen atoms in total. The van der Waals surface area contributed by atoms with Gasteiger partial charge in [0.2, 0.25) is 5.28 Å². The Morgan fingerprint density at radius 3 is 2.89 bits per heavy atom. The van der Waals surface area contributed by atoms with Gasteiger partial charge < -0.3 is 5.73 Å². The molecule has 0 fully saturated rings. The summed E-state index contributed by atoms with van der Waals surface area (Å²) < 4.78 is 0. The topological polar surface area (TPSA) is 71.8 Å². The van der Waals surface area contributed by atoms with Crippen LogP contribution in [0.4, 0.5) is 5.82 Å². The summed E-state index contributed by atoms with van der Waals surface area (Å²) in [6.45, 7) is 0. The first kappa shape index (κ1) is 6.10. The molecule has 9 heavy (non-hydrogen) atoms. The fraction of sp³-hybridized carbons (Fsp3) is 0. The first-order valence-corrected chi connectivity index (χ1v) is 2.58. The highest BCUT2D eigenvalue weighted by atomic mass is 35.5. The van der Waals surface area contributed by atoms with E-state index in [1.54, 1.807) is 0 Å². The summed E-state index contributed by atoms with van der Waals surface area (Å²) in [5.41, 5.74) is 4.80. The van der Waals surface area contributed by atoms with Gasteiger partial charge in [0, 0.05) is 6.07 Å². The molecule has 0 spiro atoms. The molecule has 1 aromatic rings. The van der Waals surface area contributed by atoms with E-state index in [0.29, 0.717) is 0 Å². The van der Waals surface area contributed by atoms with Gasteiger partial charge in [0.15, 0.2) is 0 Å². The molecule has 0 saturated heterocycles. The summed E-state index contributed by atoms with van der Waals surface area (Å²) >= 11 is 5.30. The number of nitrogen functional groups attached to an aromatic ring is 1. The second kappa shape index (κ2) is 2.06. The van der Waals surface area contributed by atoms with Crippen molar-refractivity contribution in [2.24, 2.45) is 0 Å². The van der Waals surface area contributed by atoms with Crippen LogP contribution >= 0.6 is 11.6 Å². The van der Waals surface area contributed by atoms with Gasteiger partial charge in [-0.05, 0) is 11.6 Å². The first-order valence-electron chi connectivity index (χ1n) is 2.21. The third-order valence-corrected chi connectivity index (χ3v) is 0.912. The molecule has 0 amide bonds. The highest BCUT2D eigenvalue weighted by Gasteiger charge is 1.91. The van der Waals surface area contributed by atoms with E-state index >= 15 is 0 Å². The van der Waals surface area contributed by atoms with E-state index in [1.807, 2.05) is 0 Å². The van der Waals surface area contributed by atoms with Crippen LogP contribution in [-0.4, -0.2) is 9.97 Å².